The van der Waals surface area contributed by atoms with Gasteiger partial charge in [-0.1, -0.05) is 12.1 Å². The molecule has 0 aliphatic rings. The topological polar surface area (TPSA) is 68.3 Å². The van der Waals surface area contributed by atoms with E-state index in [1.807, 2.05) is 31.2 Å². The number of para-hydroxylation sites is 1. The summed E-state index contributed by atoms with van der Waals surface area (Å²) in [5.74, 6) is -0.812. The molecular weight excluding hydrogens is 467 g/mol. The summed E-state index contributed by atoms with van der Waals surface area (Å²) in [5.41, 5.74) is 2.33. The van der Waals surface area contributed by atoms with Crippen molar-refractivity contribution in [2.24, 2.45) is 0 Å². The number of aromatic nitrogens is 1. The van der Waals surface area contributed by atoms with Crippen molar-refractivity contribution in [3.05, 3.63) is 64.8 Å². The molecule has 0 unspecified atom stereocenters. The Labute approximate surface area is 196 Å². The predicted molar refractivity (Wildman–Crippen MR) is 129 cm³/mol. The number of thiazole rings is 1. The van der Waals surface area contributed by atoms with E-state index in [4.69, 9.17) is 9.72 Å². The van der Waals surface area contributed by atoms with Crippen molar-refractivity contribution in [1.82, 2.24) is 4.98 Å². The second-order valence-electron chi connectivity index (χ2n) is 6.76. The summed E-state index contributed by atoms with van der Waals surface area (Å²) in [5, 5.41) is 4.23. The maximum absolute atomic E-state index is 13.1. The molecule has 0 spiro atoms. The van der Waals surface area contributed by atoms with Crippen LogP contribution in [0.15, 0.2) is 53.4 Å². The first-order valence-corrected chi connectivity index (χ1v) is 12.4. The summed E-state index contributed by atoms with van der Waals surface area (Å²) in [4.78, 5) is 31.1. The fraction of sp³-hybridized carbons (Fsp3) is 0.174. The van der Waals surface area contributed by atoms with Crippen LogP contribution < -0.4 is 5.32 Å². The van der Waals surface area contributed by atoms with Gasteiger partial charge in [-0.25, -0.2) is 14.2 Å². The first-order chi connectivity index (χ1) is 15.5. The van der Waals surface area contributed by atoms with E-state index in [0.29, 0.717) is 9.88 Å². The molecule has 2 heterocycles. The molecular formula is C23H19FN2O3S3. The largest absolute Gasteiger partial charge is 0.462 e. The van der Waals surface area contributed by atoms with Crippen LogP contribution in [0.1, 0.15) is 22.2 Å². The van der Waals surface area contributed by atoms with E-state index in [9.17, 15) is 14.0 Å². The Balaban J connectivity index is 1.63. The van der Waals surface area contributed by atoms with Gasteiger partial charge in [0, 0.05) is 10.5 Å². The van der Waals surface area contributed by atoms with Crippen LogP contribution in [0.3, 0.4) is 0 Å². The third kappa shape index (κ3) is 4.85. The molecule has 5 nitrogen and oxygen atoms in total. The van der Waals surface area contributed by atoms with Gasteiger partial charge in [-0.15, -0.1) is 34.4 Å². The number of carbonyl (C=O) groups excluding carboxylic acids is 2. The van der Waals surface area contributed by atoms with E-state index in [-0.39, 0.29) is 24.1 Å². The molecule has 0 atom stereocenters. The van der Waals surface area contributed by atoms with Crippen molar-refractivity contribution in [1.29, 1.82) is 0 Å². The minimum Gasteiger partial charge on any atom is -0.462 e. The van der Waals surface area contributed by atoms with Gasteiger partial charge in [0.05, 0.1) is 22.6 Å². The average Bonchev–Trinajstić information content (AvgIpc) is 3.34. The number of esters is 1. The molecule has 9 heteroatoms. The number of hydrogen-bond donors (Lipinski definition) is 1. The fourth-order valence-electron chi connectivity index (χ4n) is 3.07. The average molecular weight is 487 g/mol. The van der Waals surface area contributed by atoms with Crippen LogP contribution in [-0.2, 0) is 9.53 Å². The summed E-state index contributed by atoms with van der Waals surface area (Å²) in [6, 6.07) is 13.8. The highest BCUT2D eigenvalue weighted by molar-refractivity contribution is 8.00. The van der Waals surface area contributed by atoms with E-state index < -0.39 is 5.97 Å². The van der Waals surface area contributed by atoms with Gasteiger partial charge in [0.1, 0.15) is 20.7 Å². The lowest BCUT2D eigenvalue weighted by Gasteiger charge is -2.06. The molecule has 4 aromatic rings. The van der Waals surface area contributed by atoms with Crippen molar-refractivity contribution in [2.45, 2.75) is 18.7 Å². The molecule has 0 saturated heterocycles. The molecule has 32 heavy (non-hydrogen) atoms. The number of hydrogen-bond acceptors (Lipinski definition) is 7. The molecule has 2 aromatic carbocycles. The van der Waals surface area contributed by atoms with Crippen LogP contribution in [0.5, 0.6) is 0 Å². The molecule has 0 bridgehead atoms. The zero-order valence-corrected chi connectivity index (χ0v) is 19.8. The van der Waals surface area contributed by atoms with Gasteiger partial charge < -0.3 is 10.1 Å². The number of nitrogens with zero attached hydrogens (tertiary/aromatic N) is 1. The first kappa shape index (κ1) is 22.4. The summed E-state index contributed by atoms with van der Waals surface area (Å²) in [6.07, 6.45) is 0. The van der Waals surface area contributed by atoms with E-state index in [0.717, 1.165) is 31.2 Å². The molecule has 164 valence electrons. The number of fused-ring (bicyclic) bond motifs is 1. The van der Waals surface area contributed by atoms with Crippen molar-refractivity contribution >= 4 is 61.5 Å². The Kier molecular flexibility index (Phi) is 6.88. The van der Waals surface area contributed by atoms with E-state index in [1.165, 1.54) is 46.6 Å². The lowest BCUT2D eigenvalue weighted by atomic mass is 10.1. The number of benzene rings is 2. The Morgan fingerprint density at radius 3 is 2.59 bits per heavy atom. The number of thiophene rings is 1. The van der Waals surface area contributed by atoms with Crippen LogP contribution in [0.2, 0.25) is 0 Å². The second kappa shape index (κ2) is 9.81. The van der Waals surface area contributed by atoms with Crippen LogP contribution in [0, 0.1) is 12.7 Å². The number of nitrogens with one attached hydrogen (secondary N) is 1. The fourth-order valence-corrected chi connectivity index (χ4v) is 6.03. The van der Waals surface area contributed by atoms with Gasteiger partial charge in [-0.05, 0) is 55.8 Å². The minimum absolute atomic E-state index is 0.149. The molecule has 0 saturated carbocycles. The Bertz CT molecular complexity index is 1250. The van der Waals surface area contributed by atoms with Gasteiger partial charge >= 0.3 is 5.97 Å². The van der Waals surface area contributed by atoms with Gasteiger partial charge in [0.2, 0.25) is 5.91 Å². The van der Waals surface area contributed by atoms with Gasteiger partial charge in [-0.2, -0.15) is 0 Å². The number of ether oxygens (including phenoxy) is 1. The smallest absolute Gasteiger partial charge is 0.348 e. The first-order valence-electron chi connectivity index (χ1n) is 9.81. The van der Waals surface area contributed by atoms with E-state index in [2.05, 4.69) is 5.32 Å². The predicted octanol–water partition coefficient (Wildman–Crippen LogP) is 6.38. The maximum Gasteiger partial charge on any atom is 0.348 e. The van der Waals surface area contributed by atoms with E-state index in [1.54, 1.807) is 19.1 Å². The zero-order valence-electron chi connectivity index (χ0n) is 17.3. The number of halogens is 1. The molecule has 0 aliphatic carbocycles. The normalized spacial score (nSPS) is 11.0. The SMILES string of the molecule is CCOC(=O)c1sc(NC(=O)CSc2ccc(F)cc2)c(-c2nc3ccccc3s2)c1C. The highest BCUT2D eigenvalue weighted by Crippen LogP contribution is 2.43. The van der Waals surface area contributed by atoms with Crippen molar-refractivity contribution in [2.75, 3.05) is 17.7 Å². The van der Waals surface area contributed by atoms with Gasteiger partial charge in [0.15, 0.2) is 0 Å². The van der Waals surface area contributed by atoms with Crippen LogP contribution in [0.25, 0.3) is 20.8 Å². The molecule has 0 aliphatic heterocycles. The summed E-state index contributed by atoms with van der Waals surface area (Å²) >= 11 is 4.01. The summed E-state index contributed by atoms with van der Waals surface area (Å²) in [7, 11) is 0. The van der Waals surface area contributed by atoms with Crippen LogP contribution in [0.4, 0.5) is 9.39 Å². The summed E-state index contributed by atoms with van der Waals surface area (Å²) in [6.45, 7) is 3.86. The minimum atomic E-state index is -0.418. The molecule has 0 fully saturated rings. The molecule has 1 amide bonds. The van der Waals surface area contributed by atoms with Crippen LogP contribution >= 0.6 is 34.4 Å². The van der Waals surface area contributed by atoms with Crippen molar-refractivity contribution in [3.8, 4) is 10.6 Å². The number of carbonyl (C=O) groups is 2. The Morgan fingerprint density at radius 2 is 1.88 bits per heavy atom. The number of thioether (sulfide) groups is 1. The maximum atomic E-state index is 13.1. The standard InChI is InChI=1S/C23H19FN2O3S3/c1-3-29-23(28)20-13(2)19(21-25-16-6-4-5-7-17(16)31-21)22(32-20)26-18(27)12-30-15-10-8-14(24)9-11-15/h4-11H,3,12H2,1-2H3,(H,26,27). The van der Waals surface area contributed by atoms with Crippen molar-refractivity contribution < 1.29 is 18.7 Å². The van der Waals surface area contributed by atoms with E-state index >= 15 is 0 Å². The number of anilines is 1. The quantitative estimate of drug-likeness (QED) is 0.242. The zero-order chi connectivity index (χ0) is 22.7. The lowest BCUT2D eigenvalue weighted by Crippen LogP contribution is -2.13. The van der Waals surface area contributed by atoms with Crippen LogP contribution in [-0.4, -0.2) is 29.2 Å². The lowest BCUT2D eigenvalue weighted by molar-refractivity contribution is -0.113. The Morgan fingerprint density at radius 1 is 1.12 bits per heavy atom. The highest BCUT2D eigenvalue weighted by Gasteiger charge is 2.25. The number of rotatable bonds is 7. The third-order valence-corrected chi connectivity index (χ3v) is 7.81. The molecule has 0 radical (unpaired) electrons. The number of amides is 1. The van der Waals surface area contributed by atoms with Gasteiger partial charge in [-0.3, -0.25) is 4.79 Å². The van der Waals surface area contributed by atoms with Crippen molar-refractivity contribution in [3.63, 3.8) is 0 Å². The third-order valence-electron chi connectivity index (χ3n) is 4.55. The Hall–Kier alpha value is -2.75. The molecule has 1 N–H and O–H groups in total. The monoisotopic (exact) mass is 486 g/mol. The molecule has 2 aromatic heterocycles. The molecule has 4 rings (SSSR count). The highest BCUT2D eigenvalue weighted by atomic mass is 32.2. The second-order valence-corrected chi connectivity index (χ2v) is 9.86. The van der Waals surface area contributed by atoms with Gasteiger partial charge in [0.25, 0.3) is 0 Å². The summed E-state index contributed by atoms with van der Waals surface area (Å²) < 4.78 is 19.3.